The van der Waals surface area contributed by atoms with Gasteiger partial charge in [-0.05, 0) is 43.2 Å². The number of aryl methyl sites for hydroxylation is 1. The van der Waals surface area contributed by atoms with Gasteiger partial charge in [0.25, 0.3) is 0 Å². The van der Waals surface area contributed by atoms with Crippen molar-refractivity contribution in [2.75, 3.05) is 7.11 Å². The van der Waals surface area contributed by atoms with E-state index in [2.05, 4.69) is 19.9 Å². The molecule has 2 aliphatic carbocycles. The third-order valence-corrected chi connectivity index (χ3v) is 5.16. The molecule has 17 heavy (non-hydrogen) atoms. The molecule has 0 aromatic heterocycles. The van der Waals surface area contributed by atoms with Crippen LogP contribution in [-0.2, 0) is 10.2 Å². The zero-order valence-corrected chi connectivity index (χ0v) is 10.7. The lowest BCUT2D eigenvalue weighted by Gasteiger charge is -2.67. The summed E-state index contributed by atoms with van der Waals surface area (Å²) >= 11 is 0. The lowest BCUT2D eigenvalue weighted by molar-refractivity contribution is -0.176. The van der Waals surface area contributed by atoms with Gasteiger partial charge in [-0.25, -0.2) is 0 Å². The van der Waals surface area contributed by atoms with E-state index in [0.29, 0.717) is 23.7 Å². The highest BCUT2D eigenvalue weighted by atomic mass is 16.5. The predicted molar refractivity (Wildman–Crippen MR) is 67.2 cm³/mol. The standard InChI is InChI=1S/C15H20O2/c1-9-5-4-6-12(16)14(9)15-8-13(17-3)11(15)7-10(15)2/h4-6,10-11,13,16H,7-8H2,1-3H3/t10?,11?,13?,15-/m1/s1. The van der Waals surface area contributed by atoms with Crippen molar-refractivity contribution in [2.24, 2.45) is 11.8 Å². The number of fused-ring (bicyclic) bond motifs is 1. The van der Waals surface area contributed by atoms with Crippen LogP contribution >= 0.6 is 0 Å². The van der Waals surface area contributed by atoms with E-state index in [-0.39, 0.29) is 5.41 Å². The van der Waals surface area contributed by atoms with Gasteiger partial charge in [-0.15, -0.1) is 0 Å². The Morgan fingerprint density at radius 1 is 1.41 bits per heavy atom. The molecular formula is C15H20O2. The van der Waals surface area contributed by atoms with Crippen LogP contribution in [0.5, 0.6) is 5.75 Å². The van der Waals surface area contributed by atoms with Crippen LogP contribution in [0.2, 0.25) is 0 Å². The molecule has 0 spiro atoms. The van der Waals surface area contributed by atoms with Gasteiger partial charge in [0.1, 0.15) is 5.75 Å². The maximum atomic E-state index is 10.2. The predicted octanol–water partition coefficient (Wildman–Crippen LogP) is 3.01. The Morgan fingerprint density at radius 2 is 2.18 bits per heavy atom. The van der Waals surface area contributed by atoms with Crippen molar-refractivity contribution in [3.8, 4) is 5.75 Å². The van der Waals surface area contributed by atoms with Crippen molar-refractivity contribution in [3.05, 3.63) is 29.3 Å². The van der Waals surface area contributed by atoms with Gasteiger partial charge in [-0.3, -0.25) is 0 Å². The Hall–Kier alpha value is -1.02. The van der Waals surface area contributed by atoms with Gasteiger partial charge in [0.05, 0.1) is 6.10 Å². The zero-order chi connectivity index (χ0) is 12.2. The molecule has 1 aromatic rings. The van der Waals surface area contributed by atoms with Gasteiger partial charge in [0, 0.05) is 18.1 Å². The summed E-state index contributed by atoms with van der Waals surface area (Å²) in [4.78, 5) is 0. The maximum Gasteiger partial charge on any atom is 0.119 e. The molecule has 0 radical (unpaired) electrons. The molecule has 3 rings (SSSR count). The Morgan fingerprint density at radius 3 is 2.71 bits per heavy atom. The van der Waals surface area contributed by atoms with E-state index in [9.17, 15) is 5.11 Å². The van der Waals surface area contributed by atoms with Crippen molar-refractivity contribution in [1.82, 2.24) is 0 Å². The van der Waals surface area contributed by atoms with E-state index in [0.717, 1.165) is 6.42 Å². The molecule has 2 saturated carbocycles. The second-order valence-electron chi connectivity index (χ2n) is 5.73. The van der Waals surface area contributed by atoms with E-state index in [1.807, 2.05) is 12.1 Å². The zero-order valence-electron chi connectivity index (χ0n) is 10.7. The monoisotopic (exact) mass is 232 g/mol. The summed E-state index contributed by atoms with van der Waals surface area (Å²) in [5, 5.41) is 10.2. The fourth-order valence-corrected chi connectivity index (χ4v) is 4.20. The van der Waals surface area contributed by atoms with Crippen LogP contribution in [0, 0.1) is 18.8 Å². The van der Waals surface area contributed by atoms with Crippen molar-refractivity contribution in [2.45, 2.75) is 38.2 Å². The molecule has 2 nitrogen and oxygen atoms in total. The normalized spacial score (nSPS) is 39.1. The summed E-state index contributed by atoms with van der Waals surface area (Å²) in [7, 11) is 1.80. The number of methoxy groups -OCH3 is 1. The fourth-order valence-electron chi connectivity index (χ4n) is 4.20. The lowest BCUT2D eigenvalue weighted by atomic mass is 9.38. The highest BCUT2D eigenvalue weighted by molar-refractivity contribution is 5.49. The van der Waals surface area contributed by atoms with E-state index in [4.69, 9.17) is 4.74 Å². The highest BCUT2D eigenvalue weighted by Gasteiger charge is 2.66. The first-order chi connectivity index (χ1) is 8.11. The average Bonchev–Trinajstić information content (AvgIpc) is 2.29. The Labute approximate surface area is 103 Å². The molecule has 1 aromatic carbocycles. The number of aromatic hydroxyl groups is 1. The van der Waals surface area contributed by atoms with Gasteiger partial charge < -0.3 is 9.84 Å². The number of rotatable bonds is 2. The van der Waals surface area contributed by atoms with Gasteiger partial charge in [-0.2, -0.15) is 0 Å². The maximum absolute atomic E-state index is 10.2. The number of phenolic OH excluding ortho intramolecular Hbond substituents is 1. The third-order valence-electron chi connectivity index (χ3n) is 5.16. The number of benzene rings is 1. The topological polar surface area (TPSA) is 29.5 Å². The summed E-state index contributed by atoms with van der Waals surface area (Å²) < 4.78 is 5.51. The number of phenols is 1. The Kier molecular flexibility index (Phi) is 2.27. The summed E-state index contributed by atoms with van der Waals surface area (Å²) in [5.41, 5.74) is 2.59. The molecule has 0 heterocycles. The van der Waals surface area contributed by atoms with Gasteiger partial charge >= 0.3 is 0 Å². The molecule has 4 atom stereocenters. The first kappa shape index (κ1) is 11.1. The Balaban J connectivity index is 2.04. The first-order valence-electron chi connectivity index (χ1n) is 6.43. The van der Waals surface area contributed by atoms with E-state index >= 15 is 0 Å². The average molecular weight is 232 g/mol. The van der Waals surface area contributed by atoms with Crippen molar-refractivity contribution in [1.29, 1.82) is 0 Å². The lowest BCUT2D eigenvalue weighted by Crippen LogP contribution is -2.67. The van der Waals surface area contributed by atoms with Gasteiger partial charge in [0.15, 0.2) is 0 Å². The third kappa shape index (κ3) is 1.19. The Bertz CT molecular complexity index is 434. The molecule has 0 bridgehead atoms. The minimum Gasteiger partial charge on any atom is -0.508 e. The van der Waals surface area contributed by atoms with Crippen LogP contribution < -0.4 is 0 Å². The summed E-state index contributed by atoms with van der Waals surface area (Å²) in [5.74, 6) is 1.73. The van der Waals surface area contributed by atoms with Crippen LogP contribution in [0.1, 0.15) is 30.9 Å². The fraction of sp³-hybridized carbons (Fsp3) is 0.600. The largest absolute Gasteiger partial charge is 0.508 e. The van der Waals surface area contributed by atoms with Crippen LogP contribution in [0.3, 0.4) is 0 Å². The highest BCUT2D eigenvalue weighted by Crippen LogP contribution is 2.67. The number of ether oxygens (including phenoxy) is 1. The van der Waals surface area contributed by atoms with Crippen LogP contribution in [0.15, 0.2) is 18.2 Å². The van der Waals surface area contributed by atoms with E-state index in [1.54, 1.807) is 7.11 Å². The molecule has 0 saturated heterocycles. The summed E-state index contributed by atoms with van der Waals surface area (Å²) in [6.07, 6.45) is 2.69. The van der Waals surface area contributed by atoms with Crippen LogP contribution in [-0.4, -0.2) is 18.3 Å². The van der Waals surface area contributed by atoms with Crippen LogP contribution in [0.4, 0.5) is 0 Å². The minimum atomic E-state index is 0.191. The molecular weight excluding hydrogens is 212 g/mol. The van der Waals surface area contributed by atoms with Crippen molar-refractivity contribution < 1.29 is 9.84 Å². The molecule has 0 amide bonds. The molecule has 1 N–H and O–H groups in total. The second-order valence-corrected chi connectivity index (χ2v) is 5.73. The molecule has 92 valence electrons. The minimum absolute atomic E-state index is 0.191. The summed E-state index contributed by atoms with van der Waals surface area (Å²) in [6, 6.07) is 5.85. The summed E-state index contributed by atoms with van der Waals surface area (Å²) in [6.45, 7) is 4.40. The van der Waals surface area contributed by atoms with Crippen LogP contribution in [0.25, 0.3) is 0 Å². The molecule has 0 aliphatic heterocycles. The quantitative estimate of drug-likeness (QED) is 0.849. The van der Waals surface area contributed by atoms with E-state index in [1.165, 1.54) is 17.5 Å². The number of hydrogen-bond acceptors (Lipinski definition) is 2. The number of hydrogen-bond donors (Lipinski definition) is 1. The molecule has 2 aliphatic rings. The first-order valence-corrected chi connectivity index (χ1v) is 6.43. The second kappa shape index (κ2) is 3.49. The smallest absolute Gasteiger partial charge is 0.119 e. The van der Waals surface area contributed by atoms with Crippen molar-refractivity contribution in [3.63, 3.8) is 0 Å². The molecule has 2 fully saturated rings. The van der Waals surface area contributed by atoms with Gasteiger partial charge in [-0.1, -0.05) is 19.1 Å². The van der Waals surface area contributed by atoms with E-state index < -0.39 is 0 Å². The molecule has 2 heteroatoms. The SMILES string of the molecule is COC1C[C@@]2(c3c(C)cccc3O)C(C)CC12. The van der Waals surface area contributed by atoms with Crippen molar-refractivity contribution >= 4 is 0 Å². The van der Waals surface area contributed by atoms with Gasteiger partial charge in [0.2, 0.25) is 0 Å². The molecule has 3 unspecified atom stereocenters.